The average molecular weight is 297 g/mol. The lowest BCUT2D eigenvalue weighted by molar-refractivity contribution is 0.0998. The summed E-state index contributed by atoms with van der Waals surface area (Å²) in [5.41, 5.74) is 4.09. The highest BCUT2D eigenvalue weighted by Gasteiger charge is 2.61. The maximum Gasteiger partial charge on any atom is 0.169 e. The van der Waals surface area contributed by atoms with E-state index in [1.54, 1.807) is 14.2 Å². The molecule has 1 spiro atoms. The highest BCUT2D eigenvalue weighted by atomic mass is 16.6. The molecule has 4 nitrogen and oxygen atoms in total. The lowest BCUT2D eigenvalue weighted by Gasteiger charge is -2.49. The second-order valence-electron chi connectivity index (χ2n) is 6.46. The standard InChI is InChI=1S/C18H19NO3/c1-20-13-5-3-10-9-12-11-4-6-14(21-2)17-18(11,7-8-19-12)15(10)16(13)22-17/h3-6,12,17,19H,7-9H2,1-2H3/t12-,17+,18+/m1/s1. The van der Waals surface area contributed by atoms with E-state index in [4.69, 9.17) is 14.2 Å². The smallest absolute Gasteiger partial charge is 0.169 e. The first-order valence-electron chi connectivity index (χ1n) is 7.86. The van der Waals surface area contributed by atoms with Gasteiger partial charge in [0.1, 0.15) is 5.76 Å². The lowest BCUT2D eigenvalue weighted by Crippen LogP contribution is -2.58. The monoisotopic (exact) mass is 297 g/mol. The highest BCUT2D eigenvalue weighted by Crippen LogP contribution is 2.61. The van der Waals surface area contributed by atoms with Crippen LogP contribution in [0.2, 0.25) is 0 Å². The van der Waals surface area contributed by atoms with E-state index in [1.807, 2.05) is 6.07 Å². The van der Waals surface area contributed by atoms with E-state index >= 15 is 0 Å². The Kier molecular flexibility index (Phi) is 2.33. The molecule has 2 aliphatic heterocycles. The molecule has 2 heterocycles. The predicted molar refractivity (Wildman–Crippen MR) is 82.4 cm³/mol. The molecule has 22 heavy (non-hydrogen) atoms. The van der Waals surface area contributed by atoms with Crippen molar-refractivity contribution in [2.24, 2.45) is 0 Å². The minimum absolute atomic E-state index is 0.0625. The molecular weight excluding hydrogens is 278 g/mol. The van der Waals surface area contributed by atoms with E-state index in [9.17, 15) is 0 Å². The SMILES string of the molecule is COC1=CC=C2[C@H]3Cc4ccc(OC)c5c4[C@@]2(CCN3)[C@H]1O5. The largest absolute Gasteiger partial charge is 0.497 e. The van der Waals surface area contributed by atoms with E-state index in [0.717, 1.165) is 36.6 Å². The maximum absolute atomic E-state index is 6.42. The number of piperidine rings is 1. The van der Waals surface area contributed by atoms with Crippen molar-refractivity contribution in [3.63, 3.8) is 0 Å². The van der Waals surface area contributed by atoms with E-state index in [0.29, 0.717) is 6.04 Å². The lowest BCUT2D eigenvalue weighted by atomic mass is 9.58. The molecule has 1 aromatic rings. The topological polar surface area (TPSA) is 39.7 Å². The molecule has 0 saturated carbocycles. The fourth-order valence-electron chi connectivity index (χ4n) is 4.85. The molecule has 0 amide bonds. The molecule has 1 aromatic carbocycles. The van der Waals surface area contributed by atoms with Gasteiger partial charge in [-0.15, -0.1) is 0 Å². The van der Waals surface area contributed by atoms with Crippen LogP contribution in [0.5, 0.6) is 11.5 Å². The van der Waals surface area contributed by atoms with Gasteiger partial charge in [0, 0.05) is 11.6 Å². The summed E-state index contributed by atoms with van der Waals surface area (Å²) in [4.78, 5) is 0. The van der Waals surface area contributed by atoms with Gasteiger partial charge in [0.05, 0.1) is 19.6 Å². The number of methoxy groups -OCH3 is 2. The van der Waals surface area contributed by atoms with E-state index in [1.165, 1.54) is 16.7 Å². The number of nitrogens with one attached hydrogen (secondary N) is 1. The zero-order chi connectivity index (χ0) is 14.9. The maximum atomic E-state index is 6.42. The molecule has 4 heteroatoms. The second kappa shape index (κ2) is 4.07. The van der Waals surface area contributed by atoms with Crippen LogP contribution in [0.15, 0.2) is 35.6 Å². The first kappa shape index (κ1) is 12.6. The molecular formula is C18H19NO3. The molecule has 0 unspecified atom stereocenters. The summed E-state index contributed by atoms with van der Waals surface area (Å²) in [5, 5.41) is 3.67. The predicted octanol–water partition coefficient (Wildman–Crippen LogP) is 2.08. The van der Waals surface area contributed by atoms with Crippen LogP contribution in [-0.4, -0.2) is 32.9 Å². The molecule has 1 saturated heterocycles. The van der Waals surface area contributed by atoms with Crippen molar-refractivity contribution in [1.82, 2.24) is 5.32 Å². The van der Waals surface area contributed by atoms with Gasteiger partial charge < -0.3 is 19.5 Å². The Hall–Kier alpha value is -1.94. The van der Waals surface area contributed by atoms with Gasteiger partial charge in [-0.25, -0.2) is 0 Å². The summed E-state index contributed by atoms with van der Waals surface area (Å²) in [7, 11) is 3.44. The Bertz CT molecular complexity index is 736. The zero-order valence-corrected chi connectivity index (χ0v) is 12.8. The van der Waals surface area contributed by atoms with Crippen molar-refractivity contribution in [2.45, 2.75) is 30.4 Å². The molecule has 5 rings (SSSR count). The van der Waals surface area contributed by atoms with E-state index < -0.39 is 0 Å². The van der Waals surface area contributed by atoms with Crippen LogP contribution in [0.4, 0.5) is 0 Å². The minimum atomic E-state index is -0.0759. The third-order valence-electron chi connectivity index (χ3n) is 5.70. The highest BCUT2D eigenvalue weighted by molar-refractivity contribution is 5.67. The van der Waals surface area contributed by atoms with Gasteiger partial charge in [-0.3, -0.25) is 0 Å². The Morgan fingerprint density at radius 1 is 1.23 bits per heavy atom. The van der Waals surface area contributed by atoms with Crippen LogP contribution in [0, 0.1) is 0 Å². The van der Waals surface area contributed by atoms with Gasteiger partial charge >= 0.3 is 0 Å². The van der Waals surface area contributed by atoms with Crippen LogP contribution >= 0.6 is 0 Å². The quantitative estimate of drug-likeness (QED) is 0.907. The number of hydrogen-bond donors (Lipinski definition) is 1. The Morgan fingerprint density at radius 2 is 2.14 bits per heavy atom. The van der Waals surface area contributed by atoms with Gasteiger partial charge in [-0.05, 0) is 42.7 Å². The summed E-state index contributed by atoms with van der Waals surface area (Å²) in [6, 6.07) is 4.64. The second-order valence-corrected chi connectivity index (χ2v) is 6.46. The zero-order valence-electron chi connectivity index (χ0n) is 12.8. The molecule has 114 valence electrons. The number of rotatable bonds is 2. The Labute approximate surface area is 129 Å². The molecule has 0 radical (unpaired) electrons. The fraction of sp³-hybridized carbons (Fsp3) is 0.444. The molecule has 2 bridgehead atoms. The summed E-state index contributed by atoms with van der Waals surface area (Å²) in [5.74, 6) is 2.66. The molecule has 1 fully saturated rings. The van der Waals surface area contributed by atoms with Crippen molar-refractivity contribution in [1.29, 1.82) is 0 Å². The van der Waals surface area contributed by atoms with E-state index in [2.05, 4.69) is 23.5 Å². The third kappa shape index (κ3) is 1.24. The average Bonchev–Trinajstić information content (AvgIpc) is 2.88. The third-order valence-corrected chi connectivity index (χ3v) is 5.70. The summed E-state index contributed by atoms with van der Waals surface area (Å²) in [6.07, 6.45) is 6.31. The van der Waals surface area contributed by atoms with Crippen LogP contribution in [0.1, 0.15) is 17.5 Å². The molecule has 4 aliphatic rings. The van der Waals surface area contributed by atoms with Crippen LogP contribution in [0.3, 0.4) is 0 Å². The van der Waals surface area contributed by atoms with Gasteiger partial charge in [0.2, 0.25) is 0 Å². The summed E-state index contributed by atoms with van der Waals surface area (Å²) in [6.45, 7) is 1.01. The van der Waals surface area contributed by atoms with Gasteiger partial charge in [0.25, 0.3) is 0 Å². The molecule has 0 aromatic heterocycles. The van der Waals surface area contributed by atoms with Crippen LogP contribution in [-0.2, 0) is 16.6 Å². The van der Waals surface area contributed by atoms with Crippen molar-refractivity contribution in [3.05, 3.63) is 46.7 Å². The Balaban J connectivity index is 1.85. The summed E-state index contributed by atoms with van der Waals surface area (Å²) < 4.78 is 17.6. The van der Waals surface area contributed by atoms with Crippen LogP contribution < -0.4 is 14.8 Å². The summed E-state index contributed by atoms with van der Waals surface area (Å²) >= 11 is 0. The van der Waals surface area contributed by atoms with Gasteiger partial charge in [-0.2, -0.15) is 0 Å². The van der Waals surface area contributed by atoms with Gasteiger partial charge in [-0.1, -0.05) is 12.1 Å². The van der Waals surface area contributed by atoms with Crippen molar-refractivity contribution in [3.8, 4) is 11.5 Å². The minimum Gasteiger partial charge on any atom is -0.497 e. The van der Waals surface area contributed by atoms with Crippen molar-refractivity contribution in [2.75, 3.05) is 20.8 Å². The van der Waals surface area contributed by atoms with Crippen molar-refractivity contribution >= 4 is 0 Å². The van der Waals surface area contributed by atoms with Crippen LogP contribution in [0.25, 0.3) is 0 Å². The van der Waals surface area contributed by atoms with Crippen molar-refractivity contribution < 1.29 is 14.2 Å². The molecule has 2 aliphatic carbocycles. The molecule has 3 atom stereocenters. The fourth-order valence-corrected chi connectivity index (χ4v) is 4.85. The number of benzene rings is 1. The van der Waals surface area contributed by atoms with Gasteiger partial charge in [0.15, 0.2) is 17.6 Å². The number of allylic oxidation sites excluding steroid dienone is 2. The first-order valence-corrected chi connectivity index (χ1v) is 7.86. The first-order chi connectivity index (χ1) is 10.8. The number of ether oxygens (including phenoxy) is 3. The normalized spacial score (nSPS) is 33.4. The van der Waals surface area contributed by atoms with E-state index in [-0.39, 0.29) is 11.5 Å². The number of hydrogen-bond acceptors (Lipinski definition) is 4. The molecule has 1 N–H and O–H groups in total. The Morgan fingerprint density at radius 3 is 2.95 bits per heavy atom.